The number of benzene rings is 1. The Morgan fingerprint density at radius 1 is 0.949 bits per heavy atom. The lowest BCUT2D eigenvalue weighted by Gasteiger charge is -2.61. The Morgan fingerprint density at radius 2 is 1.64 bits per heavy atom. The Kier molecular flexibility index (Phi) is 8.30. The highest BCUT2D eigenvalue weighted by molar-refractivity contribution is 6.74. The van der Waals surface area contributed by atoms with E-state index in [0.29, 0.717) is 35.9 Å². The van der Waals surface area contributed by atoms with E-state index in [-0.39, 0.29) is 16.6 Å². The van der Waals surface area contributed by atoms with E-state index < -0.39 is 8.32 Å². The average molecular weight is 555 g/mol. The summed E-state index contributed by atoms with van der Waals surface area (Å²) in [5.74, 6) is 3.79. The number of aliphatic hydroxyl groups is 1. The van der Waals surface area contributed by atoms with Crippen molar-refractivity contribution in [2.45, 2.75) is 130 Å². The Balaban J connectivity index is 1.24. The molecule has 4 heteroatoms. The summed E-state index contributed by atoms with van der Waals surface area (Å²) in [4.78, 5) is 0. The minimum atomic E-state index is -1.73. The second kappa shape index (κ2) is 10.9. The first-order valence-electron chi connectivity index (χ1n) is 16.2. The lowest BCUT2D eigenvalue weighted by Crippen LogP contribution is -2.55. The van der Waals surface area contributed by atoms with Gasteiger partial charge in [-0.2, -0.15) is 0 Å². The molecular formula is C35H58O3Si. The Bertz CT molecular complexity index is 972. The van der Waals surface area contributed by atoms with Crippen LogP contribution in [0, 0.1) is 46.3 Å². The summed E-state index contributed by atoms with van der Waals surface area (Å²) in [6.07, 6.45) is 10.5. The molecule has 0 heterocycles. The van der Waals surface area contributed by atoms with E-state index in [9.17, 15) is 5.11 Å². The first kappa shape index (κ1) is 29.8. The van der Waals surface area contributed by atoms with Crippen LogP contribution in [-0.4, -0.2) is 32.2 Å². The molecule has 0 radical (unpaired) electrons. The van der Waals surface area contributed by atoms with Crippen molar-refractivity contribution in [3.05, 3.63) is 35.9 Å². The third kappa shape index (κ3) is 5.46. The van der Waals surface area contributed by atoms with Gasteiger partial charge in [-0.3, -0.25) is 0 Å². The maximum Gasteiger partial charge on any atom is 0.192 e. The van der Waals surface area contributed by atoms with Crippen LogP contribution in [0.5, 0.6) is 0 Å². The lowest BCUT2D eigenvalue weighted by molar-refractivity contribution is -0.130. The summed E-state index contributed by atoms with van der Waals surface area (Å²) in [6, 6.07) is 10.5. The highest BCUT2D eigenvalue weighted by Gasteiger charge is 2.63. The van der Waals surface area contributed by atoms with E-state index >= 15 is 0 Å². The summed E-state index contributed by atoms with van der Waals surface area (Å²) in [6.45, 7) is 20.9. The van der Waals surface area contributed by atoms with Crippen molar-refractivity contribution in [2.24, 2.45) is 46.3 Å². The van der Waals surface area contributed by atoms with Crippen LogP contribution < -0.4 is 0 Å². The SMILES string of the molecule is C[C@@H](COCc1ccccc1)[C@H]1[C@@H](O)C[C@H]2[C@@H]3CC[C@H]4C[C@@H](O[Si](C)(C)C(C)(C)C)CC[C@]4(C)[C@H]3CC[C@]12C. The first-order chi connectivity index (χ1) is 18.3. The summed E-state index contributed by atoms with van der Waals surface area (Å²) in [7, 11) is -1.73. The molecule has 1 aromatic rings. The van der Waals surface area contributed by atoms with Crippen LogP contribution in [0.2, 0.25) is 18.1 Å². The van der Waals surface area contributed by atoms with Gasteiger partial charge in [0.1, 0.15) is 0 Å². The standard InChI is InChI=1S/C35H58O3Si/c1-24(22-37-23-25-12-10-9-11-13-25)32-31(36)21-30-28-15-14-26-20-27(38-39(7,8)33(2,3)4)16-18-34(26,5)29(28)17-19-35(30,32)6/h9-13,24,26-32,36H,14-23H2,1-8H3/t24-,26-,27-,28+,29-,30-,31-,32-,34-,35-/m0/s1. The molecule has 0 bridgehead atoms. The third-order valence-electron chi connectivity index (χ3n) is 13.1. The van der Waals surface area contributed by atoms with E-state index in [0.717, 1.165) is 30.8 Å². The van der Waals surface area contributed by atoms with Gasteiger partial charge in [0.05, 0.1) is 12.7 Å². The zero-order valence-electron chi connectivity index (χ0n) is 26.3. The molecule has 0 spiro atoms. The van der Waals surface area contributed by atoms with Crippen molar-refractivity contribution in [2.75, 3.05) is 6.61 Å². The predicted molar refractivity (Wildman–Crippen MR) is 164 cm³/mol. The van der Waals surface area contributed by atoms with Gasteiger partial charge in [0.2, 0.25) is 0 Å². The fraction of sp³-hybridized carbons (Fsp3) is 0.829. The summed E-state index contributed by atoms with van der Waals surface area (Å²) >= 11 is 0. The van der Waals surface area contributed by atoms with E-state index in [1.54, 1.807) is 0 Å². The van der Waals surface area contributed by atoms with Gasteiger partial charge >= 0.3 is 0 Å². The molecule has 0 unspecified atom stereocenters. The third-order valence-corrected chi connectivity index (χ3v) is 17.6. The van der Waals surface area contributed by atoms with E-state index in [1.165, 1.54) is 50.5 Å². The Hall–Kier alpha value is -0.683. The molecule has 1 N–H and O–H groups in total. The van der Waals surface area contributed by atoms with Crippen LogP contribution in [0.1, 0.15) is 98.5 Å². The van der Waals surface area contributed by atoms with E-state index in [4.69, 9.17) is 9.16 Å². The maximum atomic E-state index is 11.5. The topological polar surface area (TPSA) is 38.7 Å². The number of hydrogen-bond acceptors (Lipinski definition) is 3. The summed E-state index contributed by atoms with van der Waals surface area (Å²) in [5.41, 5.74) is 1.92. The van der Waals surface area contributed by atoms with Gasteiger partial charge in [-0.05, 0) is 121 Å². The zero-order chi connectivity index (χ0) is 28.2. The van der Waals surface area contributed by atoms with Crippen molar-refractivity contribution in [1.29, 1.82) is 0 Å². The van der Waals surface area contributed by atoms with Crippen LogP contribution in [-0.2, 0) is 15.8 Å². The minimum absolute atomic E-state index is 0.187. The van der Waals surface area contributed by atoms with E-state index in [1.807, 2.05) is 0 Å². The molecule has 4 saturated carbocycles. The molecule has 220 valence electrons. The minimum Gasteiger partial charge on any atom is -0.414 e. The van der Waals surface area contributed by atoms with Crippen LogP contribution in [0.15, 0.2) is 30.3 Å². The molecule has 1 aromatic carbocycles. The molecule has 10 atom stereocenters. The highest BCUT2D eigenvalue weighted by atomic mass is 28.4. The number of ether oxygens (including phenoxy) is 1. The van der Waals surface area contributed by atoms with Crippen molar-refractivity contribution < 1.29 is 14.3 Å². The molecule has 5 rings (SSSR count). The van der Waals surface area contributed by atoms with Crippen molar-refractivity contribution in [3.63, 3.8) is 0 Å². The molecule has 39 heavy (non-hydrogen) atoms. The van der Waals surface area contributed by atoms with Crippen molar-refractivity contribution >= 4 is 8.32 Å². The first-order valence-corrected chi connectivity index (χ1v) is 19.1. The monoisotopic (exact) mass is 554 g/mol. The van der Waals surface area contributed by atoms with Crippen LogP contribution >= 0.6 is 0 Å². The quantitative estimate of drug-likeness (QED) is 0.342. The van der Waals surface area contributed by atoms with Gasteiger partial charge < -0.3 is 14.3 Å². The number of fused-ring (bicyclic) bond motifs is 5. The number of hydrogen-bond donors (Lipinski definition) is 1. The molecule has 0 aromatic heterocycles. The molecule has 4 aliphatic rings. The molecule has 4 fully saturated rings. The fourth-order valence-electron chi connectivity index (χ4n) is 10.0. The highest BCUT2D eigenvalue weighted by Crippen LogP contribution is 2.68. The van der Waals surface area contributed by atoms with Gasteiger partial charge in [0.25, 0.3) is 0 Å². The largest absolute Gasteiger partial charge is 0.414 e. The predicted octanol–water partition coefficient (Wildman–Crippen LogP) is 8.86. The summed E-state index contributed by atoms with van der Waals surface area (Å²) < 4.78 is 13.2. The second-order valence-corrected chi connectivity index (χ2v) is 21.0. The number of rotatable bonds is 7. The molecule has 4 aliphatic carbocycles. The van der Waals surface area contributed by atoms with Gasteiger partial charge in [0, 0.05) is 12.7 Å². The fourth-order valence-corrected chi connectivity index (χ4v) is 11.4. The molecule has 0 amide bonds. The zero-order valence-corrected chi connectivity index (χ0v) is 27.3. The van der Waals surface area contributed by atoms with Crippen LogP contribution in [0.25, 0.3) is 0 Å². The smallest absolute Gasteiger partial charge is 0.192 e. The molecular weight excluding hydrogens is 496 g/mol. The van der Waals surface area contributed by atoms with Crippen molar-refractivity contribution in [1.82, 2.24) is 0 Å². The van der Waals surface area contributed by atoms with Gasteiger partial charge in [-0.25, -0.2) is 0 Å². The lowest BCUT2D eigenvalue weighted by atomic mass is 9.44. The molecule has 3 nitrogen and oxygen atoms in total. The maximum absolute atomic E-state index is 11.5. The Labute approximate surface area is 241 Å². The van der Waals surface area contributed by atoms with Crippen LogP contribution in [0.3, 0.4) is 0 Å². The number of aliphatic hydroxyl groups excluding tert-OH is 1. The van der Waals surface area contributed by atoms with Crippen molar-refractivity contribution in [3.8, 4) is 0 Å². The summed E-state index contributed by atoms with van der Waals surface area (Å²) in [5, 5.41) is 11.8. The van der Waals surface area contributed by atoms with Crippen LogP contribution in [0.4, 0.5) is 0 Å². The second-order valence-electron chi connectivity index (χ2n) is 16.3. The van der Waals surface area contributed by atoms with Gasteiger partial charge in [0.15, 0.2) is 8.32 Å². The molecule has 0 aliphatic heterocycles. The Morgan fingerprint density at radius 3 is 2.33 bits per heavy atom. The normalized spacial score (nSPS) is 41.4. The van der Waals surface area contributed by atoms with Gasteiger partial charge in [-0.15, -0.1) is 0 Å². The average Bonchev–Trinajstić information content (AvgIpc) is 3.14. The van der Waals surface area contributed by atoms with E-state index in [2.05, 4.69) is 85.0 Å². The molecule has 0 saturated heterocycles. The van der Waals surface area contributed by atoms with Gasteiger partial charge in [-0.1, -0.05) is 71.9 Å².